The smallest absolute Gasteiger partial charge is 0.242 e. The Bertz CT molecular complexity index is 506. The van der Waals surface area contributed by atoms with Crippen molar-refractivity contribution in [3.63, 3.8) is 0 Å². The minimum absolute atomic E-state index is 0.0689. The number of carbonyl (C=O) groups is 1. The molecule has 0 spiro atoms. The summed E-state index contributed by atoms with van der Waals surface area (Å²) in [5.41, 5.74) is 2.11. The Kier molecular flexibility index (Phi) is 5.48. The van der Waals surface area contributed by atoms with Crippen LogP contribution in [0.3, 0.4) is 0 Å². The van der Waals surface area contributed by atoms with Gasteiger partial charge in [0.25, 0.3) is 0 Å². The van der Waals surface area contributed by atoms with E-state index in [1.165, 1.54) is 0 Å². The lowest BCUT2D eigenvalue weighted by Gasteiger charge is -2.35. The monoisotopic (exact) mass is 309 g/mol. The molecule has 0 bridgehead atoms. The molecule has 1 aliphatic heterocycles. The maximum Gasteiger partial charge on any atom is 0.242 e. The molecule has 5 heteroatoms. The van der Waals surface area contributed by atoms with Gasteiger partial charge >= 0.3 is 0 Å². The Hall–Kier alpha value is -1.26. The van der Waals surface area contributed by atoms with Crippen LogP contribution in [0.4, 0.5) is 5.69 Å². The number of carbonyl (C=O) groups excluding carboxylic acids is 1. The van der Waals surface area contributed by atoms with Crippen molar-refractivity contribution < 1.29 is 4.79 Å². The fourth-order valence-electron chi connectivity index (χ4n) is 2.65. The summed E-state index contributed by atoms with van der Waals surface area (Å²) in [6.45, 7) is 8.65. The highest BCUT2D eigenvalue weighted by atomic mass is 35.5. The van der Waals surface area contributed by atoms with Gasteiger partial charge in [0.1, 0.15) is 6.04 Å². The lowest BCUT2D eigenvalue weighted by Crippen LogP contribution is -2.54. The Labute approximate surface area is 131 Å². The van der Waals surface area contributed by atoms with E-state index in [0.717, 1.165) is 35.8 Å². The standard InChI is InChI=1S/C16H24ClN3O/c1-4-7-18-11(2)14-6-5-13(10-15(14)17)20-9-8-19-16(21)12(20)3/h5-6,10-12,18H,4,7-9H2,1-3H3,(H,19,21). The second-order valence-corrected chi connectivity index (χ2v) is 5.95. The highest BCUT2D eigenvalue weighted by Crippen LogP contribution is 2.29. The van der Waals surface area contributed by atoms with Crippen LogP contribution < -0.4 is 15.5 Å². The molecule has 0 radical (unpaired) electrons. The second kappa shape index (κ2) is 7.14. The Morgan fingerprint density at radius 2 is 2.29 bits per heavy atom. The molecule has 0 aliphatic carbocycles. The Balaban J connectivity index is 2.16. The van der Waals surface area contributed by atoms with Crippen molar-refractivity contribution in [1.29, 1.82) is 0 Å². The number of hydrogen-bond acceptors (Lipinski definition) is 3. The molecule has 0 saturated carbocycles. The van der Waals surface area contributed by atoms with Crippen molar-refractivity contribution in [2.24, 2.45) is 0 Å². The summed E-state index contributed by atoms with van der Waals surface area (Å²) in [4.78, 5) is 13.9. The molecule has 116 valence electrons. The summed E-state index contributed by atoms with van der Waals surface area (Å²) >= 11 is 6.44. The summed E-state index contributed by atoms with van der Waals surface area (Å²) in [6, 6.07) is 6.16. The molecule has 2 atom stereocenters. The summed E-state index contributed by atoms with van der Waals surface area (Å²) in [6.07, 6.45) is 1.10. The average Bonchev–Trinajstić information content (AvgIpc) is 2.47. The first-order valence-corrected chi connectivity index (χ1v) is 7.99. The number of benzene rings is 1. The van der Waals surface area contributed by atoms with E-state index in [-0.39, 0.29) is 18.0 Å². The third-order valence-corrected chi connectivity index (χ3v) is 4.31. The van der Waals surface area contributed by atoms with Crippen molar-refractivity contribution in [2.75, 3.05) is 24.5 Å². The van der Waals surface area contributed by atoms with E-state index in [1.807, 2.05) is 13.0 Å². The van der Waals surface area contributed by atoms with E-state index in [4.69, 9.17) is 11.6 Å². The number of anilines is 1. The van der Waals surface area contributed by atoms with Crippen LogP contribution in [0.15, 0.2) is 18.2 Å². The Morgan fingerprint density at radius 1 is 1.52 bits per heavy atom. The molecular weight excluding hydrogens is 286 g/mol. The third kappa shape index (κ3) is 3.69. The molecule has 21 heavy (non-hydrogen) atoms. The van der Waals surface area contributed by atoms with Gasteiger partial charge in [-0.15, -0.1) is 0 Å². The zero-order valence-electron chi connectivity index (χ0n) is 12.9. The van der Waals surface area contributed by atoms with Crippen molar-refractivity contribution >= 4 is 23.2 Å². The topological polar surface area (TPSA) is 44.4 Å². The van der Waals surface area contributed by atoms with Crippen molar-refractivity contribution in [3.8, 4) is 0 Å². The fourth-order valence-corrected chi connectivity index (χ4v) is 2.99. The van der Waals surface area contributed by atoms with Crippen LogP contribution in [0, 0.1) is 0 Å². The number of nitrogens with one attached hydrogen (secondary N) is 2. The van der Waals surface area contributed by atoms with Crippen LogP contribution in [-0.2, 0) is 4.79 Å². The number of nitrogens with zero attached hydrogens (tertiary/aromatic N) is 1. The molecule has 0 aromatic heterocycles. The van der Waals surface area contributed by atoms with Gasteiger partial charge in [0, 0.05) is 29.8 Å². The Morgan fingerprint density at radius 3 is 2.95 bits per heavy atom. The van der Waals surface area contributed by atoms with Gasteiger partial charge in [-0.3, -0.25) is 4.79 Å². The molecule has 1 aliphatic rings. The van der Waals surface area contributed by atoms with Crippen LogP contribution >= 0.6 is 11.6 Å². The maximum absolute atomic E-state index is 11.8. The normalized spacial score (nSPS) is 20.3. The fraction of sp³-hybridized carbons (Fsp3) is 0.562. The number of hydrogen-bond donors (Lipinski definition) is 2. The average molecular weight is 310 g/mol. The molecule has 1 heterocycles. The van der Waals surface area contributed by atoms with Gasteiger partial charge in [-0.05, 0) is 44.5 Å². The molecule has 2 N–H and O–H groups in total. The molecule has 1 fully saturated rings. The maximum atomic E-state index is 11.8. The van der Waals surface area contributed by atoms with Gasteiger partial charge < -0.3 is 15.5 Å². The van der Waals surface area contributed by atoms with Crippen molar-refractivity contribution in [3.05, 3.63) is 28.8 Å². The van der Waals surface area contributed by atoms with E-state index >= 15 is 0 Å². The molecular formula is C16H24ClN3O. The van der Waals surface area contributed by atoms with Crippen LogP contribution in [0.1, 0.15) is 38.8 Å². The van der Waals surface area contributed by atoms with E-state index < -0.39 is 0 Å². The largest absolute Gasteiger partial charge is 0.358 e. The lowest BCUT2D eigenvalue weighted by molar-refractivity contribution is -0.122. The minimum atomic E-state index is -0.156. The molecule has 2 unspecified atom stereocenters. The summed E-state index contributed by atoms with van der Waals surface area (Å²) in [7, 11) is 0. The molecule has 2 rings (SSSR count). The van der Waals surface area contributed by atoms with E-state index in [9.17, 15) is 4.79 Å². The van der Waals surface area contributed by atoms with E-state index in [0.29, 0.717) is 6.54 Å². The SMILES string of the molecule is CCCNC(C)c1ccc(N2CCNC(=O)C2C)cc1Cl. The van der Waals surface area contributed by atoms with Crippen molar-refractivity contribution in [1.82, 2.24) is 10.6 Å². The summed E-state index contributed by atoms with van der Waals surface area (Å²) in [5.74, 6) is 0.0689. The van der Waals surface area contributed by atoms with Crippen LogP contribution in [-0.4, -0.2) is 31.6 Å². The molecule has 1 aromatic carbocycles. The molecule has 1 saturated heterocycles. The van der Waals surface area contributed by atoms with Crippen LogP contribution in [0.25, 0.3) is 0 Å². The first-order valence-electron chi connectivity index (χ1n) is 7.61. The highest BCUT2D eigenvalue weighted by molar-refractivity contribution is 6.31. The minimum Gasteiger partial charge on any atom is -0.358 e. The van der Waals surface area contributed by atoms with Gasteiger partial charge in [0.05, 0.1) is 0 Å². The summed E-state index contributed by atoms with van der Waals surface area (Å²) in [5, 5.41) is 7.07. The molecule has 4 nitrogen and oxygen atoms in total. The quantitative estimate of drug-likeness (QED) is 0.879. The van der Waals surface area contributed by atoms with Gasteiger partial charge in [0.15, 0.2) is 0 Å². The van der Waals surface area contributed by atoms with Crippen LogP contribution in [0.2, 0.25) is 5.02 Å². The molecule has 1 aromatic rings. The first-order chi connectivity index (χ1) is 10.0. The second-order valence-electron chi connectivity index (χ2n) is 5.54. The first kappa shape index (κ1) is 16.1. The van der Waals surface area contributed by atoms with Crippen molar-refractivity contribution in [2.45, 2.75) is 39.3 Å². The number of piperazine rings is 1. The van der Waals surface area contributed by atoms with Gasteiger partial charge in [-0.2, -0.15) is 0 Å². The number of rotatable bonds is 5. The zero-order chi connectivity index (χ0) is 15.4. The summed E-state index contributed by atoms with van der Waals surface area (Å²) < 4.78 is 0. The van der Waals surface area contributed by atoms with Gasteiger partial charge in [0.2, 0.25) is 5.91 Å². The predicted octanol–water partition coefficient (Wildman–Crippen LogP) is 2.73. The van der Waals surface area contributed by atoms with Crippen LogP contribution in [0.5, 0.6) is 0 Å². The van der Waals surface area contributed by atoms with E-state index in [2.05, 4.69) is 41.5 Å². The lowest BCUT2D eigenvalue weighted by atomic mass is 10.1. The zero-order valence-corrected chi connectivity index (χ0v) is 13.7. The third-order valence-electron chi connectivity index (χ3n) is 3.98. The van der Waals surface area contributed by atoms with E-state index in [1.54, 1.807) is 0 Å². The predicted molar refractivity (Wildman–Crippen MR) is 88.0 cm³/mol. The van der Waals surface area contributed by atoms with Gasteiger partial charge in [-0.1, -0.05) is 24.6 Å². The number of halogens is 1. The number of amides is 1. The van der Waals surface area contributed by atoms with Gasteiger partial charge in [-0.25, -0.2) is 0 Å². The highest BCUT2D eigenvalue weighted by Gasteiger charge is 2.26. The molecule has 1 amide bonds.